The van der Waals surface area contributed by atoms with Crippen LogP contribution in [0.1, 0.15) is 43.2 Å². The van der Waals surface area contributed by atoms with Crippen LogP contribution >= 0.6 is 0 Å². The minimum absolute atomic E-state index is 0.151. The first kappa shape index (κ1) is 16.9. The van der Waals surface area contributed by atoms with Gasteiger partial charge in [0, 0.05) is 25.0 Å². The number of hydrogen-bond donors (Lipinski definition) is 0. The normalized spacial score (nSPS) is 16.9. The standard InChI is InChI=1S/C22H27NO/c24-19-22(14-8-3-9-15-22)18-23(16-20-10-4-1-5-11-20)17-21-12-6-2-7-13-21/h1-2,4-7,10-13,19H,3,8-9,14-18H2. The van der Waals surface area contributed by atoms with Crippen LogP contribution in [0.2, 0.25) is 0 Å². The van der Waals surface area contributed by atoms with E-state index in [0.29, 0.717) is 0 Å². The predicted octanol–water partition coefficient (Wildman–Crippen LogP) is 4.84. The Labute approximate surface area is 145 Å². The van der Waals surface area contributed by atoms with Gasteiger partial charge in [-0.15, -0.1) is 0 Å². The zero-order valence-corrected chi connectivity index (χ0v) is 14.4. The fraction of sp³-hybridized carbons (Fsp3) is 0.409. The highest BCUT2D eigenvalue weighted by atomic mass is 16.1. The van der Waals surface area contributed by atoms with Crippen molar-refractivity contribution in [2.75, 3.05) is 6.54 Å². The summed E-state index contributed by atoms with van der Waals surface area (Å²) in [7, 11) is 0. The highest BCUT2D eigenvalue weighted by Gasteiger charge is 2.33. The van der Waals surface area contributed by atoms with Crippen LogP contribution in [0, 0.1) is 5.41 Å². The zero-order valence-electron chi connectivity index (χ0n) is 14.4. The molecule has 2 aromatic carbocycles. The van der Waals surface area contributed by atoms with Crippen molar-refractivity contribution in [2.24, 2.45) is 5.41 Å². The summed E-state index contributed by atoms with van der Waals surface area (Å²) in [5.74, 6) is 0. The van der Waals surface area contributed by atoms with Gasteiger partial charge in [-0.25, -0.2) is 0 Å². The molecule has 0 N–H and O–H groups in total. The van der Waals surface area contributed by atoms with Crippen LogP contribution in [-0.2, 0) is 17.9 Å². The Kier molecular flexibility index (Phi) is 5.81. The Morgan fingerprint density at radius 2 is 1.29 bits per heavy atom. The zero-order chi connectivity index (χ0) is 16.7. The van der Waals surface area contributed by atoms with E-state index in [2.05, 4.69) is 65.6 Å². The monoisotopic (exact) mass is 321 g/mol. The molecule has 0 saturated heterocycles. The molecular weight excluding hydrogens is 294 g/mol. The molecule has 0 radical (unpaired) electrons. The van der Waals surface area contributed by atoms with E-state index in [9.17, 15) is 4.79 Å². The van der Waals surface area contributed by atoms with Crippen molar-refractivity contribution in [1.82, 2.24) is 4.90 Å². The van der Waals surface area contributed by atoms with Crippen LogP contribution in [0.4, 0.5) is 0 Å². The maximum Gasteiger partial charge on any atom is 0.127 e. The summed E-state index contributed by atoms with van der Waals surface area (Å²) < 4.78 is 0. The Morgan fingerprint density at radius 3 is 1.75 bits per heavy atom. The van der Waals surface area contributed by atoms with Crippen molar-refractivity contribution in [3.63, 3.8) is 0 Å². The van der Waals surface area contributed by atoms with E-state index in [4.69, 9.17) is 0 Å². The van der Waals surface area contributed by atoms with Gasteiger partial charge in [-0.1, -0.05) is 79.9 Å². The molecule has 3 rings (SSSR count). The summed E-state index contributed by atoms with van der Waals surface area (Å²) in [6, 6.07) is 21.2. The number of benzene rings is 2. The van der Waals surface area contributed by atoms with Gasteiger partial charge in [0.05, 0.1) is 0 Å². The maximum atomic E-state index is 11.9. The van der Waals surface area contributed by atoms with Crippen LogP contribution in [0.5, 0.6) is 0 Å². The third-order valence-corrected chi connectivity index (χ3v) is 5.14. The number of aldehydes is 1. The summed E-state index contributed by atoms with van der Waals surface area (Å²) in [6.45, 7) is 2.65. The van der Waals surface area contributed by atoms with Gasteiger partial charge < -0.3 is 4.79 Å². The molecule has 1 aliphatic rings. The summed E-state index contributed by atoms with van der Waals surface area (Å²) in [4.78, 5) is 14.3. The molecule has 0 spiro atoms. The lowest BCUT2D eigenvalue weighted by molar-refractivity contribution is -0.119. The summed E-state index contributed by atoms with van der Waals surface area (Å²) in [5, 5.41) is 0. The van der Waals surface area contributed by atoms with Crippen molar-refractivity contribution in [2.45, 2.75) is 45.2 Å². The molecule has 0 unspecified atom stereocenters. The van der Waals surface area contributed by atoms with E-state index in [1.807, 2.05) is 0 Å². The van der Waals surface area contributed by atoms with E-state index in [-0.39, 0.29) is 5.41 Å². The van der Waals surface area contributed by atoms with E-state index in [1.165, 1.54) is 36.7 Å². The molecule has 2 heteroatoms. The molecule has 2 aromatic rings. The molecule has 126 valence electrons. The summed E-state index contributed by atoms with van der Waals surface area (Å²) >= 11 is 0. The smallest absolute Gasteiger partial charge is 0.127 e. The Hall–Kier alpha value is -1.93. The number of rotatable bonds is 7. The molecule has 0 amide bonds. The van der Waals surface area contributed by atoms with Crippen molar-refractivity contribution < 1.29 is 4.79 Å². The van der Waals surface area contributed by atoms with Gasteiger partial charge in [-0.3, -0.25) is 4.90 Å². The van der Waals surface area contributed by atoms with Crippen molar-refractivity contribution in [1.29, 1.82) is 0 Å². The van der Waals surface area contributed by atoms with Gasteiger partial charge in [-0.2, -0.15) is 0 Å². The minimum atomic E-state index is -0.151. The van der Waals surface area contributed by atoms with E-state index < -0.39 is 0 Å². The molecule has 0 heterocycles. The van der Waals surface area contributed by atoms with Gasteiger partial charge in [-0.05, 0) is 24.0 Å². The quantitative estimate of drug-likeness (QED) is 0.680. The average Bonchev–Trinajstić information content (AvgIpc) is 2.64. The fourth-order valence-electron chi connectivity index (χ4n) is 3.87. The number of hydrogen-bond acceptors (Lipinski definition) is 2. The Bertz CT molecular complexity index is 575. The highest BCUT2D eigenvalue weighted by molar-refractivity contribution is 5.60. The molecule has 0 aromatic heterocycles. The van der Waals surface area contributed by atoms with Gasteiger partial charge >= 0.3 is 0 Å². The first-order valence-electron chi connectivity index (χ1n) is 9.06. The molecule has 24 heavy (non-hydrogen) atoms. The number of carbonyl (C=O) groups is 1. The predicted molar refractivity (Wildman–Crippen MR) is 98.6 cm³/mol. The molecule has 0 bridgehead atoms. The molecule has 0 atom stereocenters. The molecule has 1 aliphatic carbocycles. The van der Waals surface area contributed by atoms with Gasteiger partial charge in [0.1, 0.15) is 6.29 Å². The third-order valence-electron chi connectivity index (χ3n) is 5.14. The second-order valence-electron chi connectivity index (χ2n) is 7.16. The van der Waals surface area contributed by atoms with Crippen molar-refractivity contribution in [3.05, 3.63) is 71.8 Å². The second-order valence-corrected chi connectivity index (χ2v) is 7.16. The fourth-order valence-corrected chi connectivity index (χ4v) is 3.87. The first-order valence-corrected chi connectivity index (χ1v) is 9.06. The van der Waals surface area contributed by atoms with E-state index in [1.54, 1.807) is 0 Å². The SMILES string of the molecule is O=CC1(CN(Cc2ccccc2)Cc2ccccc2)CCCCC1. The summed E-state index contributed by atoms with van der Waals surface area (Å²) in [6.07, 6.45) is 6.96. The van der Waals surface area contributed by atoms with Crippen LogP contribution < -0.4 is 0 Å². The lowest BCUT2D eigenvalue weighted by atomic mass is 9.75. The van der Waals surface area contributed by atoms with E-state index >= 15 is 0 Å². The third kappa shape index (κ3) is 4.55. The largest absolute Gasteiger partial charge is 0.303 e. The molecular formula is C22H27NO. The topological polar surface area (TPSA) is 20.3 Å². The minimum Gasteiger partial charge on any atom is -0.303 e. The van der Waals surface area contributed by atoms with Crippen LogP contribution in [0.25, 0.3) is 0 Å². The van der Waals surface area contributed by atoms with Crippen LogP contribution in [0.3, 0.4) is 0 Å². The lowest BCUT2D eigenvalue weighted by Gasteiger charge is -2.37. The van der Waals surface area contributed by atoms with E-state index in [0.717, 1.165) is 32.5 Å². The van der Waals surface area contributed by atoms with Crippen LogP contribution in [0.15, 0.2) is 60.7 Å². The van der Waals surface area contributed by atoms with Crippen molar-refractivity contribution >= 4 is 6.29 Å². The Balaban J connectivity index is 1.76. The van der Waals surface area contributed by atoms with Crippen molar-refractivity contribution in [3.8, 4) is 0 Å². The highest BCUT2D eigenvalue weighted by Crippen LogP contribution is 2.35. The average molecular weight is 321 g/mol. The molecule has 1 fully saturated rings. The first-order chi connectivity index (χ1) is 11.8. The van der Waals surface area contributed by atoms with Gasteiger partial charge in [0.25, 0.3) is 0 Å². The molecule has 0 aliphatic heterocycles. The van der Waals surface area contributed by atoms with Crippen LogP contribution in [-0.4, -0.2) is 17.7 Å². The summed E-state index contributed by atoms with van der Waals surface area (Å²) in [5.41, 5.74) is 2.47. The second kappa shape index (κ2) is 8.25. The molecule has 2 nitrogen and oxygen atoms in total. The number of carbonyl (C=O) groups excluding carboxylic acids is 1. The van der Waals surface area contributed by atoms with Gasteiger partial charge in [0.2, 0.25) is 0 Å². The number of nitrogens with zero attached hydrogens (tertiary/aromatic N) is 1. The Morgan fingerprint density at radius 1 is 0.792 bits per heavy atom. The lowest BCUT2D eigenvalue weighted by Crippen LogP contribution is -2.39. The van der Waals surface area contributed by atoms with Gasteiger partial charge in [0.15, 0.2) is 0 Å². The maximum absolute atomic E-state index is 11.9. The molecule has 1 saturated carbocycles.